The zero-order valence-electron chi connectivity index (χ0n) is 17.4. The third-order valence-electron chi connectivity index (χ3n) is 5.83. The molecule has 0 radical (unpaired) electrons. The Hall–Kier alpha value is -3.52. The molecule has 0 aliphatic carbocycles. The number of nitrogens with zero attached hydrogens (tertiary/aromatic N) is 4. The van der Waals surface area contributed by atoms with Gasteiger partial charge in [-0.2, -0.15) is 0 Å². The molecule has 0 saturated carbocycles. The minimum Gasteiger partial charge on any atom is -0.364 e. The minimum absolute atomic E-state index is 0.0552. The van der Waals surface area contributed by atoms with Gasteiger partial charge in [-0.15, -0.1) is 0 Å². The third-order valence-corrected chi connectivity index (χ3v) is 5.83. The van der Waals surface area contributed by atoms with E-state index in [-0.39, 0.29) is 24.0 Å². The van der Waals surface area contributed by atoms with Crippen molar-refractivity contribution < 1.29 is 14.5 Å². The van der Waals surface area contributed by atoms with Crippen molar-refractivity contribution in [2.75, 3.05) is 32.7 Å². The number of carbonyl (C=O) groups excluding carboxylic acids is 2. The van der Waals surface area contributed by atoms with E-state index in [0.717, 1.165) is 25.2 Å². The predicted molar refractivity (Wildman–Crippen MR) is 116 cm³/mol. The topological polar surface area (TPSA) is 87.0 Å². The fraction of sp³-hybridized carbons (Fsp3) is 0.304. The number of piperazine rings is 1. The van der Waals surface area contributed by atoms with Gasteiger partial charge in [-0.3, -0.25) is 24.6 Å². The highest BCUT2D eigenvalue weighted by molar-refractivity contribution is 6.35. The summed E-state index contributed by atoms with van der Waals surface area (Å²) < 4.78 is 0. The van der Waals surface area contributed by atoms with Gasteiger partial charge in [-0.1, -0.05) is 37.3 Å². The van der Waals surface area contributed by atoms with E-state index in [1.807, 2.05) is 35.2 Å². The standard InChI is InChI=1S/C23H24N4O4/c1-2-24-12-14-25(15-13-24)21-20(18-8-10-19(11-9-18)27(30)31)22(28)26(23(21)29)16-17-6-4-3-5-7-17/h3-11H,2,12-16H2,1H3. The predicted octanol–water partition coefficient (Wildman–Crippen LogP) is 2.51. The molecular formula is C23H24N4O4. The number of benzene rings is 2. The normalized spacial score (nSPS) is 17.6. The number of nitro benzene ring substituents is 1. The van der Waals surface area contributed by atoms with Crippen LogP contribution in [0.5, 0.6) is 0 Å². The van der Waals surface area contributed by atoms with Gasteiger partial charge in [0.25, 0.3) is 17.5 Å². The van der Waals surface area contributed by atoms with Crippen molar-refractivity contribution in [3.05, 3.63) is 81.5 Å². The van der Waals surface area contributed by atoms with Crippen LogP contribution in [0.25, 0.3) is 5.57 Å². The second-order valence-corrected chi connectivity index (χ2v) is 7.63. The first-order valence-electron chi connectivity index (χ1n) is 10.4. The van der Waals surface area contributed by atoms with E-state index in [1.54, 1.807) is 12.1 Å². The fourth-order valence-electron chi connectivity index (χ4n) is 4.06. The first-order chi connectivity index (χ1) is 15.0. The second-order valence-electron chi connectivity index (χ2n) is 7.63. The lowest BCUT2D eigenvalue weighted by atomic mass is 10.0. The van der Waals surface area contributed by atoms with Crippen LogP contribution in [-0.4, -0.2) is 64.2 Å². The molecular weight excluding hydrogens is 396 g/mol. The van der Waals surface area contributed by atoms with Crippen molar-refractivity contribution in [3.8, 4) is 0 Å². The third kappa shape index (κ3) is 4.06. The molecule has 0 spiro atoms. The molecule has 2 aliphatic rings. The maximum absolute atomic E-state index is 13.4. The van der Waals surface area contributed by atoms with Gasteiger partial charge in [0.2, 0.25) is 0 Å². The van der Waals surface area contributed by atoms with E-state index in [1.165, 1.54) is 17.0 Å². The highest BCUT2D eigenvalue weighted by Gasteiger charge is 2.42. The van der Waals surface area contributed by atoms with E-state index in [2.05, 4.69) is 11.8 Å². The van der Waals surface area contributed by atoms with E-state index in [4.69, 9.17) is 0 Å². The van der Waals surface area contributed by atoms with Crippen LogP contribution in [0.2, 0.25) is 0 Å². The van der Waals surface area contributed by atoms with Gasteiger partial charge in [0, 0.05) is 38.3 Å². The lowest BCUT2D eigenvalue weighted by molar-refractivity contribution is -0.384. The number of carbonyl (C=O) groups is 2. The Balaban J connectivity index is 1.71. The van der Waals surface area contributed by atoms with Crippen molar-refractivity contribution in [2.45, 2.75) is 13.5 Å². The van der Waals surface area contributed by atoms with Crippen molar-refractivity contribution in [2.24, 2.45) is 0 Å². The number of imide groups is 1. The van der Waals surface area contributed by atoms with Crippen LogP contribution < -0.4 is 0 Å². The Kier molecular flexibility index (Phi) is 5.81. The number of non-ortho nitro benzene ring substituents is 1. The lowest BCUT2D eigenvalue weighted by Gasteiger charge is -2.36. The van der Waals surface area contributed by atoms with Gasteiger partial charge < -0.3 is 9.80 Å². The Morgan fingerprint density at radius 3 is 2.13 bits per heavy atom. The molecule has 160 valence electrons. The number of hydrogen-bond donors (Lipinski definition) is 0. The molecule has 0 atom stereocenters. The van der Waals surface area contributed by atoms with Crippen LogP contribution in [0.3, 0.4) is 0 Å². The van der Waals surface area contributed by atoms with Gasteiger partial charge in [-0.25, -0.2) is 0 Å². The first kappa shape index (κ1) is 20.7. The molecule has 2 aliphatic heterocycles. The second kappa shape index (κ2) is 8.69. The molecule has 0 N–H and O–H groups in total. The number of nitro groups is 1. The van der Waals surface area contributed by atoms with E-state index >= 15 is 0 Å². The first-order valence-corrected chi connectivity index (χ1v) is 10.4. The molecule has 2 heterocycles. The monoisotopic (exact) mass is 420 g/mol. The summed E-state index contributed by atoms with van der Waals surface area (Å²) in [4.78, 5) is 42.9. The summed E-state index contributed by atoms with van der Waals surface area (Å²) in [6.45, 7) is 6.16. The van der Waals surface area contributed by atoms with Crippen molar-refractivity contribution in [3.63, 3.8) is 0 Å². The van der Waals surface area contributed by atoms with Crippen molar-refractivity contribution in [1.82, 2.24) is 14.7 Å². The highest BCUT2D eigenvalue weighted by Crippen LogP contribution is 2.33. The summed E-state index contributed by atoms with van der Waals surface area (Å²) in [7, 11) is 0. The fourth-order valence-corrected chi connectivity index (χ4v) is 4.06. The maximum atomic E-state index is 13.4. The summed E-state index contributed by atoms with van der Waals surface area (Å²) in [6.07, 6.45) is 0. The van der Waals surface area contributed by atoms with Gasteiger partial charge in [0.1, 0.15) is 5.70 Å². The molecule has 0 aromatic heterocycles. The Morgan fingerprint density at radius 2 is 1.55 bits per heavy atom. The smallest absolute Gasteiger partial charge is 0.278 e. The van der Waals surface area contributed by atoms with Crippen LogP contribution in [0.1, 0.15) is 18.1 Å². The molecule has 4 rings (SSSR count). The van der Waals surface area contributed by atoms with Crippen LogP contribution in [-0.2, 0) is 16.1 Å². The molecule has 0 unspecified atom stereocenters. The van der Waals surface area contributed by atoms with Gasteiger partial charge in [0.05, 0.1) is 17.0 Å². The molecule has 1 fully saturated rings. The van der Waals surface area contributed by atoms with E-state index < -0.39 is 4.92 Å². The zero-order chi connectivity index (χ0) is 22.0. The summed E-state index contributed by atoms with van der Waals surface area (Å²) in [5, 5.41) is 11.0. The molecule has 0 bridgehead atoms. The zero-order valence-corrected chi connectivity index (χ0v) is 17.4. The largest absolute Gasteiger partial charge is 0.364 e. The van der Waals surface area contributed by atoms with Crippen LogP contribution in [0.4, 0.5) is 5.69 Å². The minimum atomic E-state index is -0.480. The number of hydrogen-bond acceptors (Lipinski definition) is 6. The average molecular weight is 420 g/mol. The number of rotatable bonds is 6. The Bertz CT molecular complexity index is 1030. The maximum Gasteiger partial charge on any atom is 0.278 e. The number of amides is 2. The average Bonchev–Trinajstić information content (AvgIpc) is 3.04. The van der Waals surface area contributed by atoms with Crippen molar-refractivity contribution in [1.29, 1.82) is 0 Å². The van der Waals surface area contributed by atoms with Gasteiger partial charge in [0.15, 0.2) is 0 Å². The lowest BCUT2D eigenvalue weighted by Crippen LogP contribution is -2.47. The highest BCUT2D eigenvalue weighted by atomic mass is 16.6. The van der Waals surface area contributed by atoms with E-state index in [0.29, 0.717) is 29.9 Å². The molecule has 2 aromatic rings. The van der Waals surface area contributed by atoms with E-state index in [9.17, 15) is 19.7 Å². The van der Waals surface area contributed by atoms with Crippen LogP contribution >= 0.6 is 0 Å². The molecule has 8 heteroatoms. The van der Waals surface area contributed by atoms with Crippen molar-refractivity contribution >= 4 is 23.1 Å². The number of likely N-dealkylation sites (N-methyl/N-ethyl adjacent to an activating group) is 1. The van der Waals surface area contributed by atoms with Crippen LogP contribution in [0, 0.1) is 10.1 Å². The molecule has 31 heavy (non-hydrogen) atoms. The quantitative estimate of drug-likeness (QED) is 0.405. The molecule has 2 amide bonds. The molecule has 8 nitrogen and oxygen atoms in total. The SMILES string of the molecule is CCN1CCN(C2=C(c3ccc([N+](=O)[O-])cc3)C(=O)N(Cc3ccccc3)C2=O)CC1. The summed E-state index contributed by atoms with van der Waals surface area (Å²) >= 11 is 0. The molecule has 2 aromatic carbocycles. The Labute approximate surface area is 180 Å². The summed E-state index contributed by atoms with van der Waals surface area (Å²) in [5.41, 5.74) is 2.04. The summed E-state index contributed by atoms with van der Waals surface area (Å²) in [5.74, 6) is -0.678. The van der Waals surface area contributed by atoms with Gasteiger partial charge in [-0.05, 0) is 29.8 Å². The van der Waals surface area contributed by atoms with Crippen LogP contribution in [0.15, 0.2) is 60.3 Å². The summed E-state index contributed by atoms with van der Waals surface area (Å²) in [6, 6.07) is 15.2. The Morgan fingerprint density at radius 1 is 0.903 bits per heavy atom. The van der Waals surface area contributed by atoms with Gasteiger partial charge >= 0.3 is 0 Å². The molecule has 1 saturated heterocycles.